The normalized spacial score (nSPS) is 13.8. The van der Waals surface area contributed by atoms with E-state index in [0.29, 0.717) is 12.0 Å². The van der Waals surface area contributed by atoms with Crippen LogP contribution in [0.2, 0.25) is 0 Å². The minimum Gasteiger partial charge on any atom is -0.508 e. The van der Waals surface area contributed by atoms with Crippen LogP contribution in [0.1, 0.15) is 45.1 Å². The van der Waals surface area contributed by atoms with Crippen LogP contribution in [0.4, 0.5) is 0 Å². The molecule has 4 atom stereocenters. The van der Waals surface area contributed by atoms with Gasteiger partial charge in [-0.1, -0.05) is 26.0 Å². The van der Waals surface area contributed by atoms with Crippen molar-refractivity contribution in [3.05, 3.63) is 29.8 Å². The predicted molar refractivity (Wildman–Crippen MR) is 146 cm³/mol. The number of rotatable bonds is 17. The van der Waals surface area contributed by atoms with Gasteiger partial charge in [0.25, 0.3) is 0 Å². The van der Waals surface area contributed by atoms with E-state index in [1.165, 1.54) is 12.1 Å². The van der Waals surface area contributed by atoms with E-state index >= 15 is 0 Å². The average Bonchev–Trinajstić information content (AvgIpc) is 2.85. The van der Waals surface area contributed by atoms with E-state index < -0.39 is 60.2 Å². The summed E-state index contributed by atoms with van der Waals surface area (Å²) in [6.07, 6.45) is -0.141. The third-order valence-corrected chi connectivity index (χ3v) is 5.67. The van der Waals surface area contributed by atoms with Crippen LogP contribution in [0.5, 0.6) is 5.75 Å². The standard InChI is InChI=1S/C25H40N8O7/c1-13(2)10-16(26)21(36)32-18(11-14-5-7-15(34)8-6-14)22(37)33-19(12-20(27)35)23(38)31-17(24(39)40)4-3-9-30-25(28)29/h5-8,13,16-19,34H,3-4,9-12,26H2,1-2H3,(H2,27,35)(H,31,38)(H,32,36)(H,33,37)(H,39,40)(H4,28,29,30). The summed E-state index contributed by atoms with van der Waals surface area (Å²) in [4.78, 5) is 66.0. The van der Waals surface area contributed by atoms with E-state index in [1.54, 1.807) is 12.1 Å². The molecule has 0 radical (unpaired) electrons. The van der Waals surface area contributed by atoms with Gasteiger partial charge in [0.2, 0.25) is 23.6 Å². The van der Waals surface area contributed by atoms with Gasteiger partial charge in [-0.3, -0.25) is 24.2 Å². The molecule has 1 rings (SSSR count). The molecule has 0 saturated carbocycles. The number of aliphatic carboxylic acids is 1. The minimum atomic E-state index is -1.53. The molecule has 0 saturated heterocycles. The van der Waals surface area contributed by atoms with Crippen LogP contribution in [0.25, 0.3) is 0 Å². The molecule has 0 spiro atoms. The lowest BCUT2D eigenvalue weighted by Crippen LogP contribution is -2.58. The molecule has 15 nitrogen and oxygen atoms in total. The van der Waals surface area contributed by atoms with Gasteiger partial charge in [-0.05, 0) is 42.9 Å². The summed E-state index contributed by atoms with van der Waals surface area (Å²) >= 11 is 0. The topological polar surface area (TPSA) is 278 Å². The molecule has 0 aliphatic carbocycles. The zero-order chi connectivity index (χ0) is 30.4. The molecule has 0 aliphatic heterocycles. The second-order valence-corrected chi connectivity index (χ2v) is 9.75. The number of aromatic hydroxyl groups is 1. The fraction of sp³-hybridized carbons (Fsp3) is 0.520. The lowest BCUT2D eigenvalue weighted by Gasteiger charge is -2.25. The monoisotopic (exact) mass is 564 g/mol. The van der Waals surface area contributed by atoms with Crippen LogP contribution < -0.4 is 38.9 Å². The van der Waals surface area contributed by atoms with Crippen molar-refractivity contribution in [2.75, 3.05) is 6.54 Å². The van der Waals surface area contributed by atoms with E-state index in [1.807, 2.05) is 13.8 Å². The molecular formula is C25H40N8O7. The van der Waals surface area contributed by atoms with Gasteiger partial charge in [0.1, 0.15) is 23.9 Å². The number of aliphatic imine (C=N–C) groups is 1. The predicted octanol–water partition coefficient (Wildman–Crippen LogP) is -2.22. The Morgan fingerprint density at radius 1 is 0.875 bits per heavy atom. The van der Waals surface area contributed by atoms with E-state index in [9.17, 15) is 34.2 Å². The van der Waals surface area contributed by atoms with E-state index in [-0.39, 0.29) is 43.4 Å². The van der Waals surface area contributed by atoms with Gasteiger partial charge < -0.3 is 49.1 Å². The Labute approximate surface area is 232 Å². The highest BCUT2D eigenvalue weighted by atomic mass is 16.4. The van der Waals surface area contributed by atoms with Crippen LogP contribution in [0.15, 0.2) is 29.3 Å². The number of phenolic OH excluding ortho intramolecular Hbond substituents is 1. The SMILES string of the molecule is CC(C)CC(N)C(=O)NC(Cc1ccc(O)cc1)C(=O)NC(CC(N)=O)C(=O)NC(CCCN=C(N)N)C(=O)O. The van der Waals surface area contributed by atoms with Crippen LogP contribution in [0, 0.1) is 5.92 Å². The van der Waals surface area contributed by atoms with Crippen molar-refractivity contribution in [1.29, 1.82) is 0 Å². The Bertz CT molecular complexity index is 1060. The largest absolute Gasteiger partial charge is 0.508 e. The van der Waals surface area contributed by atoms with Crippen LogP contribution in [0.3, 0.4) is 0 Å². The molecule has 222 valence electrons. The van der Waals surface area contributed by atoms with Gasteiger partial charge in [0, 0.05) is 13.0 Å². The molecule has 0 bridgehead atoms. The number of hydrogen-bond acceptors (Lipinski definition) is 8. The molecule has 1 aromatic carbocycles. The fourth-order valence-electron chi connectivity index (χ4n) is 3.69. The first-order valence-corrected chi connectivity index (χ1v) is 12.7. The summed E-state index contributed by atoms with van der Waals surface area (Å²) in [5, 5.41) is 26.3. The molecule has 15 heteroatoms. The fourth-order valence-corrected chi connectivity index (χ4v) is 3.69. The maximum atomic E-state index is 13.3. The molecule has 4 unspecified atom stereocenters. The summed E-state index contributed by atoms with van der Waals surface area (Å²) in [7, 11) is 0. The summed E-state index contributed by atoms with van der Waals surface area (Å²) in [5.41, 5.74) is 22.3. The van der Waals surface area contributed by atoms with E-state index in [4.69, 9.17) is 22.9 Å². The van der Waals surface area contributed by atoms with Crippen LogP contribution in [-0.2, 0) is 30.4 Å². The second-order valence-electron chi connectivity index (χ2n) is 9.75. The van der Waals surface area contributed by atoms with Gasteiger partial charge in [-0.2, -0.15) is 0 Å². The van der Waals surface area contributed by atoms with Crippen molar-refractivity contribution in [2.45, 2.75) is 70.1 Å². The first kappa shape index (κ1) is 33.6. The van der Waals surface area contributed by atoms with Gasteiger partial charge in [-0.25, -0.2) is 4.79 Å². The molecule has 0 aliphatic rings. The summed E-state index contributed by atoms with van der Waals surface area (Å²) in [6, 6.07) is 0.858. The second kappa shape index (κ2) is 16.5. The Morgan fingerprint density at radius 3 is 1.95 bits per heavy atom. The zero-order valence-corrected chi connectivity index (χ0v) is 22.6. The van der Waals surface area contributed by atoms with Gasteiger partial charge in [-0.15, -0.1) is 0 Å². The maximum Gasteiger partial charge on any atom is 0.326 e. The third-order valence-electron chi connectivity index (χ3n) is 5.67. The van der Waals surface area contributed by atoms with Crippen LogP contribution >= 0.6 is 0 Å². The van der Waals surface area contributed by atoms with Gasteiger partial charge in [0.05, 0.1) is 12.5 Å². The number of nitrogens with zero attached hydrogens (tertiary/aromatic N) is 1. The van der Waals surface area contributed by atoms with Crippen LogP contribution in [-0.4, -0.2) is 76.5 Å². The van der Waals surface area contributed by atoms with Crippen molar-refractivity contribution >= 4 is 35.6 Å². The Balaban J connectivity index is 3.10. The number of carbonyl (C=O) groups is 5. The minimum absolute atomic E-state index is 0.00257. The summed E-state index contributed by atoms with van der Waals surface area (Å²) in [6.45, 7) is 3.89. The smallest absolute Gasteiger partial charge is 0.326 e. The molecular weight excluding hydrogens is 524 g/mol. The number of nitrogens with two attached hydrogens (primary N) is 4. The highest BCUT2D eigenvalue weighted by Gasteiger charge is 2.31. The van der Waals surface area contributed by atoms with Crippen molar-refractivity contribution in [1.82, 2.24) is 16.0 Å². The highest BCUT2D eigenvalue weighted by molar-refractivity contribution is 5.96. The molecule has 0 aromatic heterocycles. The number of benzene rings is 1. The van der Waals surface area contributed by atoms with Gasteiger partial charge >= 0.3 is 5.97 Å². The number of carboxylic acids is 1. The van der Waals surface area contributed by atoms with Crippen molar-refractivity contribution in [3.8, 4) is 5.75 Å². The lowest BCUT2D eigenvalue weighted by molar-refractivity contribution is -0.142. The Hall–Kier alpha value is -4.40. The number of primary amides is 1. The van der Waals surface area contributed by atoms with Crippen molar-refractivity contribution in [3.63, 3.8) is 0 Å². The molecule has 13 N–H and O–H groups in total. The number of carbonyl (C=O) groups excluding carboxylic acids is 4. The average molecular weight is 565 g/mol. The first-order valence-electron chi connectivity index (χ1n) is 12.7. The van der Waals surface area contributed by atoms with Crippen molar-refractivity contribution in [2.24, 2.45) is 33.8 Å². The molecule has 4 amide bonds. The molecule has 0 heterocycles. The Morgan fingerprint density at radius 2 is 1.43 bits per heavy atom. The van der Waals surface area contributed by atoms with Crippen molar-refractivity contribution < 1.29 is 34.2 Å². The van der Waals surface area contributed by atoms with E-state index in [2.05, 4.69) is 20.9 Å². The summed E-state index contributed by atoms with van der Waals surface area (Å²) < 4.78 is 0. The summed E-state index contributed by atoms with van der Waals surface area (Å²) in [5.74, 6) is -4.74. The molecule has 40 heavy (non-hydrogen) atoms. The molecule has 1 aromatic rings. The number of guanidine groups is 1. The quantitative estimate of drug-likeness (QED) is 0.0558. The zero-order valence-electron chi connectivity index (χ0n) is 22.6. The van der Waals surface area contributed by atoms with Gasteiger partial charge in [0.15, 0.2) is 5.96 Å². The maximum absolute atomic E-state index is 13.3. The number of hydrogen-bond donors (Lipinski definition) is 9. The number of nitrogens with one attached hydrogen (secondary N) is 3. The first-order chi connectivity index (χ1) is 18.7. The highest BCUT2D eigenvalue weighted by Crippen LogP contribution is 2.12. The molecule has 0 fully saturated rings. The lowest BCUT2D eigenvalue weighted by atomic mass is 10.0. The van der Waals surface area contributed by atoms with E-state index in [0.717, 1.165) is 0 Å². The third kappa shape index (κ3) is 12.9. The number of phenols is 1. The Kier molecular flexibility index (Phi) is 13.9. The number of carboxylic acid groups (broad SMARTS) is 1. The number of amides is 4.